The first-order chi connectivity index (χ1) is 8.47. The fourth-order valence-corrected chi connectivity index (χ4v) is 1.79. The molecule has 0 unspecified atom stereocenters. The molecule has 0 atom stereocenters. The third-order valence-corrected chi connectivity index (χ3v) is 2.91. The molecule has 0 fully saturated rings. The number of rotatable bonds is 2. The molecule has 3 heteroatoms. The van der Waals surface area contributed by atoms with E-state index < -0.39 is 0 Å². The van der Waals surface area contributed by atoms with Crippen LogP contribution in [0.1, 0.15) is 16.7 Å². The van der Waals surface area contributed by atoms with E-state index in [1.807, 2.05) is 44.1 Å². The standard InChI is InChI=1S/C15H17NO2/c1-10-5-6-12(7-11(10)2)14-8-13(9-16(3)4)15(17)18-14/h5-9H,1-4H3. The summed E-state index contributed by atoms with van der Waals surface area (Å²) in [4.78, 5) is 13.5. The Balaban J connectivity index is 2.35. The topological polar surface area (TPSA) is 29.5 Å². The summed E-state index contributed by atoms with van der Waals surface area (Å²) >= 11 is 0. The summed E-state index contributed by atoms with van der Waals surface area (Å²) in [5, 5.41) is 0. The molecule has 0 saturated carbocycles. The van der Waals surface area contributed by atoms with Crippen LogP contribution in [0.15, 0.2) is 36.0 Å². The number of hydrogen-bond acceptors (Lipinski definition) is 3. The number of aryl methyl sites for hydroxylation is 2. The monoisotopic (exact) mass is 243 g/mol. The SMILES string of the molecule is Cc1ccc(C2=CC(=CN(C)C)C(=O)O2)cc1C. The van der Waals surface area contributed by atoms with Gasteiger partial charge in [-0.3, -0.25) is 0 Å². The molecule has 1 aliphatic heterocycles. The first-order valence-electron chi connectivity index (χ1n) is 5.87. The van der Waals surface area contributed by atoms with Crippen LogP contribution < -0.4 is 0 Å². The summed E-state index contributed by atoms with van der Waals surface area (Å²) in [6, 6.07) is 6.04. The molecule has 18 heavy (non-hydrogen) atoms. The van der Waals surface area contributed by atoms with Crippen molar-refractivity contribution in [2.24, 2.45) is 0 Å². The van der Waals surface area contributed by atoms with E-state index >= 15 is 0 Å². The Morgan fingerprint density at radius 3 is 2.50 bits per heavy atom. The highest BCUT2D eigenvalue weighted by Gasteiger charge is 2.22. The molecule has 3 nitrogen and oxygen atoms in total. The van der Waals surface area contributed by atoms with E-state index in [0.717, 1.165) is 5.56 Å². The number of ether oxygens (including phenoxy) is 1. The van der Waals surface area contributed by atoms with Gasteiger partial charge in [0.15, 0.2) is 0 Å². The maximum Gasteiger partial charge on any atom is 0.345 e. The van der Waals surface area contributed by atoms with E-state index in [4.69, 9.17) is 4.74 Å². The van der Waals surface area contributed by atoms with Gasteiger partial charge < -0.3 is 9.64 Å². The van der Waals surface area contributed by atoms with E-state index in [0.29, 0.717) is 11.3 Å². The summed E-state index contributed by atoms with van der Waals surface area (Å²) in [5.41, 5.74) is 3.93. The van der Waals surface area contributed by atoms with Gasteiger partial charge in [-0.25, -0.2) is 4.79 Å². The average molecular weight is 243 g/mol. The van der Waals surface area contributed by atoms with Crippen LogP contribution in [0.25, 0.3) is 5.76 Å². The highest BCUT2D eigenvalue weighted by Crippen LogP contribution is 2.27. The van der Waals surface area contributed by atoms with E-state index in [1.54, 1.807) is 12.3 Å². The van der Waals surface area contributed by atoms with Gasteiger partial charge >= 0.3 is 5.97 Å². The summed E-state index contributed by atoms with van der Waals surface area (Å²) in [5.74, 6) is 0.327. The maximum atomic E-state index is 11.7. The van der Waals surface area contributed by atoms with Crippen molar-refractivity contribution in [3.8, 4) is 0 Å². The lowest BCUT2D eigenvalue weighted by atomic mass is 10.0. The van der Waals surface area contributed by atoms with E-state index in [1.165, 1.54) is 11.1 Å². The molecule has 0 spiro atoms. The van der Waals surface area contributed by atoms with Crippen LogP contribution in [0.4, 0.5) is 0 Å². The van der Waals surface area contributed by atoms with E-state index in [-0.39, 0.29) is 5.97 Å². The van der Waals surface area contributed by atoms with Crippen LogP contribution in [0.5, 0.6) is 0 Å². The molecule has 0 N–H and O–H groups in total. The number of cyclic esters (lactones) is 1. The number of carbonyl (C=O) groups is 1. The number of hydrogen-bond donors (Lipinski definition) is 0. The Morgan fingerprint density at radius 1 is 1.17 bits per heavy atom. The Morgan fingerprint density at radius 2 is 1.89 bits per heavy atom. The lowest BCUT2D eigenvalue weighted by Gasteiger charge is -2.05. The normalized spacial score (nSPS) is 16.8. The number of benzene rings is 1. The zero-order valence-corrected chi connectivity index (χ0v) is 11.2. The van der Waals surface area contributed by atoms with Crippen molar-refractivity contribution in [2.75, 3.05) is 14.1 Å². The predicted octanol–water partition coefficient (Wildman–Crippen LogP) is 2.65. The van der Waals surface area contributed by atoms with Crippen LogP contribution in [0, 0.1) is 13.8 Å². The van der Waals surface area contributed by atoms with Crippen LogP contribution in [0.2, 0.25) is 0 Å². The molecule has 1 aromatic carbocycles. The summed E-state index contributed by atoms with van der Waals surface area (Å²) in [7, 11) is 3.75. The third-order valence-electron chi connectivity index (χ3n) is 2.91. The predicted molar refractivity (Wildman–Crippen MR) is 71.8 cm³/mol. The minimum absolute atomic E-state index is 0.295. The van der Waals surface area contributed by atoms with Crippen molar-refractivity contribution in [1.82, 2.24) is 4.90 Å². The van der Waals surface area contributed by atoms with Gasteiger partial charge in [-0.15, -0.1) is 0 Å². The zero-order valence-electron chi connectivity index (χ0n) is 11.2. The molecule has 94 valence electrons. The third kappa shape index (κ3) is 2.45. The largest absolute Gasteiger partial charge is 0.422 e. The molecule has 0 aromatic heterocycles. The summed E-state index contributed by atoms with van der Waals surface area (Å²) in [6.45, 7) is 4.11. The lowest BCUT2D eigenvalue weighted by molar-refractivity contribution is -0.131. The molecule has 0 amide bonds. The Labute approximate surface area is 107 Å². The molecule has 0 aliphatic carbocycles. The second-order valence-electron chi connectivity index (χ2n) is 4.75. The molecular weight excluding hydrogens is 226 g/mol. The molecule has 1 aliphatic rings. The minimum atomic E-state index is -0.295. The van der Waals surface area contributed by atoms with Crippen LogP contribution in [-0.4, -0.2) is 25.0 Å². The van der Waals surface area contributed by atoms with Gasteiger partial charge in [0.25, 0.3) is 0 Å². The highest BCUT2D eigenvalue weighted by atomic mass is 16.5. The van der Waals surface area contributed by atoms with Gasteiger partial charge in [0.2, 0.25) is 0 Å². The van der Waals surface area contributed by atoms with Crippen molar-refractivity contribution in [2.45, 2.75) is 13.8 Å². The van der Waals surface area contributed by atoms with E-state index in [9.17, 15) is 4.79 Å². The maximum absolute atomic E-state index is 11.7. The summed E-state index contributed by atoms with van der Waals surface area (Å²) in [6.07, 6.45) is 3.54. The van der Waals surface area contributed by atoms with Crippen LogP contribution in [0.3, 0.4) is 0 Å². The van der Waals surface area contributed by atoms with Gasteiger partial charge in [-0.1, -0.05) is 12.1 Å². The van der Waals surface area contributed by atoms with Gasteiger partial charge in [-0.05, 0) is 37.1 Å². The van der Waals surface area contributed by atoms with E-state index in [2.05, 4.69) is 6.92 Å². The average Bonchev–Trinajstić information content (AvgIpc) is 2.63. The second-order valence-corrected chi connectivity index (χ2v) is 4.75. The number of nitrogens with zero attached hydrogens (tertiary/aromatic N) is 1. The van der Waals surface area contributed by atoms with Crippen LogP contribution >= 0.6 is 0 Å². The molecule has 1 heterocycles. The Hall–Kier alpha value is -2.03. The molecule has 2 rings (SSSR count). The fraction of sp³-hybridized carbons (Fsp3) is 0.267. The summed E-state index contributed by atoms with van der Waals surface area (Å²) < 4.78 is 5.28. The molecular formula is C15H17NO2. The smallest absolute Gasteiger partial charge is 0.345 e. The second kappa shape index (κ2) is 4.69. The highest BCUT2D eigenvalue weighted by molar-refractivity contribution is 6.01. The van der Waals surface area contributed by atoms with Gasteiger partial charge in [0, 0.05) is 25.9 Å². The van der Waals surface area contributed by atoms with Crippen LogP contribution in [-0.2, 0) is 9.53 Å². The molecule has 1 aromatic rings. The first kappa shape index (κ1) is 12.4. The van der Waals surface area contributed by atoms with Gasteiger partial charge in [0.1, 0.15) is 5.76 Å². The van der Waals surface area contributed by atoms with Crippen molar-refractivity contribution >= 4 is 11.7 Å². The van der Waals surface area contributed by atoms with Gasteiger partial charge in [-0.2, -0.15) is 0 Å². The number of esters is 1. The van der Waals surface area contributed by atoms with Crippen molar-refractivity contribution in [3.63, 3.8) is 0 Å². The molecule has 0 bridgehead atoms. The van der Waals surface area contributed by atoms with Gasteiger partial charge in [0.05, 0.1) is 5.57 Å². The molecule has 0 saturated heterocycles. The first-order valence-corrected chi connectivity index (χ1v) is 5.87. The van der Waals surface area contributed by atoms with Crippen molar-refractivity contribution in [1.29, 1.82) is 0 Å². The number of carbonyl (C=O) groups excluding carboxylic acids is 1. The lowest BCUT2D eigenvalue weighted by Crippen LogP contribution is -2.06. The molecule has 0 radical (unpaired) electrons. The zero-order chi connectivity index (χ0) is 13.3. The van der Waals surface area contributed by atoms with Crippen molar-refractivity contribution in [3.05, 3.63) is 52.7 Å². The Bertz CT molecular complexity index is 554. The minimum Gasteiger partial charge on any atom is -0.422 e. The Kier molecular flexibility index (Phi) is 3.24. The quantitative estimate of drug-likeness (QED) is 0.590. The van der Waals surface area contributed by atoms with Crippen molar-refractivity contribution < 1.29 is 9.53 Å². The fourth-order valence-electron chi connectivity index (χ4n) is 1.79.